The summed E-state index contributed by atoms with van der Waals surface area (Å²) in [5, 5.41) is 0.115. The van der Waals surface area contributed by atoms with Gasteiger partial charge in [0, 0.05) is 18.4 Å². The van der Waals surface area contributed by atoms with Crippen LogP contribution in [-0.4, -0.2) is 21.6 Å². The van der Waals surface area contributed by atoms with Crippen molar-refractivity contribution in [3.8, 4) is 0 Å². The molecular formula is C11H11Cl2FN2S. The molecule has 1 aromatic carbocycles. The molecule has 0 amide bonds. The summed E-state index contributed by atoms with van der Waals surface area (Å²) in [5.74, 6) is 1.55. The number of halogens is 3. The van der Waals surface area contributed by atoms with Crippen LogP contribution < -0.4 is 0 Å². The molecule has 0 atom stereocenters. The molecule has 92 valence electrons. The van der Waals surface area contributed by atoms with Crippen molar-refractivity contribution in [3.63, 3.8) is 0 Å². The Morgan fingerprint density at radius 3 is 2.88 bits per heavy atom. The number of benzene rings is 1. The quantitative estimate of drug-likeness (QED) is 0.795. The lowest BCUT2D eigenvalue weighted by Gasteiger charge is -2.06. The molecule has 0 aliphatic rings. The molecule has 0 saturated carbocycles. The number of imidazole rings is 1. The van der Waals surface area contributed by atoms with Crippen LogP contribution in [0.15, 0.2) is 12.1 Å². The van der Waals surface area contributed by atoms with Crippen LogP contribution in [0.1, 0.15) is 5.82 Å². The molecular weight excluding hydrogens is 282 g/mol. The van der Waals surface area contributed by atoms with E-state index in [9.17, 15) is 4.39 Å². The van der Waals surface area contributed by atoms with Gasteiger partial charge in [-0.1, -0.05) is 11.6 Å². The van der Waals surface area contributed by atoms with Gasteiger partial charge >= 0.3 is 0 Å². The molecule has 0 unspecified atom stereocenters. The molecule has 1 aromatic heterocycles. The molecule has 0 saturated heterocycles. The van der Waals surface area contributed by atoms with Gasteiger partial charge < -0.3 is 4.57 Å². The molecule has 0 radical (unpaired) electrons. The van der Waals surface area contributed by atoms with Crippen molar-refractivity contribution in [1.29, 1.82) is 0 Å². The van der Waals surface area contributed by atoms with Gasteiger partial charge in [-0.15, -0.1) is 11.6 Å². The molecule has 0 N–H and O–H groups in total. The Bertz CT molecular complexity index is 542. The van der Waals surface area contributed by atoms with Gasteiger partial charge in [0.15, 0.2) is 0 Å². The van der Waals surface area contributed by atoms with E-state index in [-0.39, 0.29) is 5.02 Å². The predicted octanol–water partition coefficient (Wildman–Crippen LogP) is 3.93. The van der Waals surface area contributed by atoms with Crippen molar-refractivity contribution in [2.24, 2.45) is 0 Å². The van der Waals surface area contributed by atoms with E-state index in [1.54, 1.807) is 17.8 Å². The molecule has 1 heterocycles. The molecule has 2 rings (SSSR count). The maximum absolute atomic E-state index is 13.3. The normalized spacial score (nSPS) is 11.3. The Morgan fingerprint density at radius 2 is 2.24 bits per heavy atom. The maximum Gasteiger partial charge on any atom is 0.144 e. The fourth-order valence-corrected chi connectivity index (χ4v) is 2.43. The molecule has 0 bridgehead atoms. The van der Waals surface area contributed by atoms with Crippen LogP contribution in [0.4, 0.5) is 4.39 Å². The number of hydrogen-bond donors (Lipinski definition) is 0. The molecule has 2 nitrogen and oxygen atoms in total. The van der Waals surface area contributed by atoms with Crippen LogP contribution in [-0.2, 0) is 12.4 Å². The molecule has 0 spiro atoms. The third kappa shape index (κ3) is 2.54. The summed E-state index contributed by atoms with van der Waals surface area (Å²) in [6.45, 7) is 0.793. The average Bonchev–Trinajstić information content (AvgIpc) is 2.64. The minimum atomic E-state index is -0.449. The highest BCUT2D eigenvalue weighted by molar-refractivity contribution is 7.98. The van der Waals surface area contributed by atoms with Crippen LogP contribution in [0.3, 0.4) is 0 Å². The monoisotopic (exact) mass is 292 g/mol. The Balaban J connectivity index is 2.57. The second-order valence-electron chi connectivity index (χ2n) is 3.56. The number of thioether (sulfide) groups is 1. The van der Waals surface area contributed by atoms with E-state index in [1.807, 2.05) is 10.8 Å². The Morgan fingerprint density at radius 1 is 1.47 bits per heavy atom. The first-order valence-corrected chi connectivity index (χ1v) is 7.37. The number of aromatic nitrogens is 2. The second-order valence-corrected chi connectivity index (χ2v) is 5.22. The van der Waals surface area contributed by atoms with Gasteiger partial charge in [0.1, 0.15) is 11.6 Å². The summed E-state index contributed by atoms with van der Waals surface area (Å²) >= 11 is 13.4. The van der Waals surface area contributed by atoms with E-state index in [0.717, 1.165) is 23.6 Å². The summed E-state index contributed by atoms with van der Waals surface area (Å²) in [6.07, 6.45) is 2.03. The zero-order valence-corrected chi connectivity index (χ0v) is 11.5. The van der Waals surface area contributed by atoms with Crippen molar-refractivity contribution in [2.75, 3.05) is 12.0 Å². The largest absolute Gasteiger partial charge is 0.326 e. The standard InChI is InChI=1S/C11H11Cl2FN2S/c1-17-3-2-16-10-4-7(13)8(14)5-9(10)15-11(16)6-12/h4-5H,2-3,6H2,1H3. The van der Waals surface area contributed by atoms with Crippen molar-refractivity contribution in [2.45, 2.75) is 12.4 Å². The third-order valence-corrected chi connectivity index (χ3v) is 3.63. The van der Waals surface area contributed by atoms with Crippen molar-refractivity contribution in [3.05, 3.63) is 28.8 Å². The van der Waals surface area contributed by atoms with Crippen molar-refractivity contribution in [1.82, 2.24) is 9.55 Å². The highest BCUT2D eigenvalue weighted by Gasteiger charge is 2.12. The number of rotatable bonds is 4. The highest BCUT2D eigenvalue weighted by atomic mass is 35.5. The summed E-state index contributed by atoms with van der Waals surface area (Å²) < 4.78 is 15.3. The van der Waals surface area contributed by atoms with Crippen LogP contribution in [0.5, 0.6) is 0 Å². The number of fused-ring (bicyclic) bond motifs is 1. The van der Waals surface area contributed by atoms with Gasteiger partial charge in [0.25, 0.3) is 0 Å². The Labute approximate surface area is 113 Å². The lowest BCUT2D eigenvalue weighted by Crippen LogP contribution is -2.04. The summed E-state index contributed by atoms with van der Waals surface area (Å²) in [4.78, 5) is 4.31. The van der Waals surface area contributed by atoms with E-state index >= 15 is 0 Å². The minimum Gasteiger partial charge on any atom is -0.326 e. The number of hydrogen-bond acceptors (Lipinski definition) is 2. The SMILES string of the molecule is CSCCn1c(CCl)nc2cc(F)c(Cl)cc21. The maximum atomic E-state index is 13.3. The van der Waals surface area contributed by atoms with Gasteiger partial charge in [0.05, 0.1) is 21.9 Å². The van der Waals surface area contributed by atoms with Gasteiger partial charge in [-0.25, -0.2) is 9.37 Å². The van der Waals surface area contributed by atoms with Crippen LogP contribution >= 0.6 is 35.0 Å². The zero-order valence-electron chi connectivity index (χ0n) is 9.21. The van der Waals surface area contributed by atoms with E-state index in [1.165, 1.54) is 6.07 Å². The summed E-state index contributed by atoms with van der Waals surface area (Å²) in [5.41, 5.74) is 1.43. The molecule has 17 heavy (non-hydrogen) atoms. The first-order valence-electron chi connectivity index (χ1n) is 5.06. The molecule has 0 fully saturated rings. The fraction of sp³-hybridized carbons (Fsp3) is 0.364. The van der Waals surface area contributed by atoms with Gasteiger partial charge in [-0.2, -0.15) is 11.8 Å². The van der Waals surface area contributed by atoms with Gasteiger partial charge in [0.2, 0.25) is 0 Å². The van der Waals surface area contributed by atoms with Crippen molar-refractivity contribution >= 4 is 46.0 Å². The van der Waals surface area contributed by atoms with E-state index in [0.29, 0.717) is 11.4 Å². The van der Waals surface area contributed by atoms with E-state index in [2.05, 4.69) is 4.98 Å². The number of aryl methyl sites for hydroxylation is 1. The third-order valence-electron chi connectivity index (χ3n) is 2.51. The summed E-state index contributed by atoms with van der Waals surface area (Å²) in [7, 11) is 0. The molecule has 0 aliphatic heterocycles. The highest BCUT2D eigenvalue weighted by Crippen LogP contribution is 2.24. The minimum absolute atomic E-state index is 0.115. The second kappa shape index (κ2) is 5.46. The number of alkyl halides is 1. The van der Waals surface area contributed by atoms with Crippen LogP contribution in [0.25, 0.3) is 11.0 Å². The molecule has 2 aromatic rings. The topological polar surface area (TPSA) is 17.8 Å². The lowest BCUT2D eigenvalue weighted by molar-refractivity contribution is 0.629. The smallest absolute Gasteiger partial charge is 0.144 e. The fourth-order valence-electron chi connectivity index (χ4n) is 1.70. The average molecular weight is 293 g/mol. The molecule has 0 aliphatic carbocycles. The van der Waals surface area contributed by atoms with Crippen LogP contribution in [0, 0.1) is 5.82 Å². The van der Waals surface area contributed by atoms with Gasteiger partial charge in [-0.05, 0) is 12.3 Å². The lowest BCUT2D eigenvalue weighted by atomic mass is 10.3. The molecule has 6 heteroatoms. The van der Waals surface area contributed by atoms with Crippen molar-refractivity contribution < 1.29 is 4.39 Å². The van der Waals surface area contributed by atoms with E-state index in [4.69, 9.17) is 23.2 Å². The first kappa shape index (κ1) is 13.0. The Hall–Kier alpha value is -0.450. The van der Waals surface area contributed by atoms with Gasteiger partial charge in [-0.3, -0.25) is 0 Å². The first-order chi connectivity index (χ1) is 8.17. The van der Waals surface area contributed by atoms with E-state index < -0.39 is 5.82 Å². The predicted molar refractivity (Wildman–Crippen MR) is 72.6 cm³/mol. The zero-order chi connectivity index (χ0) is 12.4. The Kier molecular flexibility index (Phi) is 4.17. The van der Waals surface area contributed by atoms with Crippen LogP contribution in [0.2, 0.25) is 5.02 Å². The summed E-state index contributed by atoms with van der Waals surface area (Å²) in [6, 6.07) is 2.96. The number of nitrogens with zero attached hydrogens (tertiary/aromatic N) is 2.